The first-order valence-corrected chi connectivity index (χ1v) is 9.66. The van der Waals surface area contributed by atoms with Crippen LogP contribution in [0.1, 0.15) is 32.0 Å². The van der Waals surface area contributed by atoms with E-state index in [1.807, 2.05) is 36.1 Å². The van der Waals surface area contributed by atoms with E-state index in [0.29, 0.717) is 22.8 Å². The molecule has 1 aliphatic heterocycles. The molecule has 1 aliphatic rings. The van der Waals surface area contributed by atoms with Crippen molar-refractivity contribution in [2.75, 3.05) is 12.3 Å². The quantitative estimate of drug-likeness (QED) is 0.534. The zero-order valence-corrected chi connectivity index (χ0v) is 15.3. The third-order valence-corrected chi connectivity index (χ3v) is 5.62. The fourth-order valence-electron chi connectivity index (χ4n) is 3.40. The van der Waals surface area contributed by atoms with E-state index < -0.39 is 0 Å². The summed E-state index contributed by atoms with van der Waals surface area (Å²) in [5.41, 5.74) is 1.67. The Hall–Kier alpha value is -2.15. The number of benzene rings is 1. The summed E-state index contributed by atoms with van der Waals surface area (Å²) < 4.78 is 1.76. The molecule has 0 spiro atoms. The van der Waals surface area contributed by atoms with Crippen LogP contribution in [-0.4, -0.2) is 48.7 Å². The highest BCUT2D eigenvalue weighted by Crippen LogP contribution is 2.25. The second kappa shape index (κ2) is 6.63. The average Bonchev–Trinajstić information content (AvgIpc) is 3.01. The largest absolute Gasteiger partial charge is 0.339 e. The van der Waals surface area contributed by atoms with E-state index in [-0.39, 0.29) is 5.91 Å². The van der Waals surface area contributed by atoms with E-state index >= 15 is 0 Å². The molecule has 1 amide bonds. The van der Waals surface area contributed by atoms with Crippen LogP contribution in [0, 0.1) is 6.92 Å². The highest BCUT2D eigenvalue weighted by atomic mass is 32.2. The van der Waals surface area contributed by atoms with Gasteiger partial charge in [-0.05, 0) is 45.2 Å². The van der Waals surface area contributed by atoms with Crippen LogP contribution in [0.15, 0.2) is 29.4 Å². The smallest absolute Gasteiger partial charge is 0.233 e. The van der Waals surface area contributed by atoms with Crippen molar-refractivity contribution in [2.45, 2.75) is 44.3 Å². The van der Waals surface area contributed by atoms with E-state index in [4.69, 9.17) is 4.98 Å². The highest BCUT2D eigenvalue weighted by molar-refractivity contribution is 7.99. The Morgan fingerprint density at radius 2 is 2.12 bits per heavy atom. The number of likely N-dealkylation sites (tertiary alicyclic amines) is 1. The Morgan fingerprint density at radius 1 is 1.28 bits per heavy atom. The number of carbonyl (C=O) groups is 1. The molecule has 130 valence electrons. The molecule has 2 aromatic heterocycles. The minimum Gasteiger partial charge on any atom is -0.339 e. The maximum absolute atomic E-state index is 12.6. The van der Waals surface area contributed by atoms with Crippen molar-refractivity contribution < 1.29 is 4.79 Å². The molecule has 1 aromatic carbocycles. The summed E-state index contributed by atoms with van der Waals surface area (Å²) in [6, 6.07) is 8.24. The molecule has 7 heteroatoms. The number of para-hydroxylation sites is 1. The van der Waals surface area contributed by atoms with E-state index in [0.717, 1.165) is 35.9 Å². The van der Waals surface area contributed by atoms with Crippen LogP contribution in [0.3, 0.4) is 0 Å². The number of thioether (sulfide) groups is 1. The van der Waals surface area contributed by atoms with Crippen molar-refractivity contribution in [3.8, 4) is 0 Å². The van der Waals surface area contributed by atoms with Crippen LogP contribution in [-0.2, 0) is 4.79 Å². The van der Waals surface area contributed by atoms with Gasteiger partial charge in [0.1, 0.15) is 5.82 Å². The molecule has 25 heavy (non-hydrogen) atoms. The van der Waals surface area contributed by atoms with E-state index in [2.05, 4.69) is 17.0 Å². The zero-order chi connectivity index (χ0) is 17.4. The van der Waals surface area contributed by atoms with Gasteiger partial charge in [-0.1, -0.05) is 23.9 Å². The summed E-state index contributed by atoms with van der Waals surface area (Å²) in [5.74, 6) is 1.26. The predicted molar refractivity (Wildman–Crippen MR) is 98.8 cm³/mol. The van der Waals surface area contributed by atoms with E-state index in [9.17, 15) is 4.79 Å². The van der Waals surface area contributed by atoms with Gasteiger partial charge in [-0.2, -0.15) is 4.52 Å². The van der Waals surface area contributed by atoms with Crippen LogP contribution in [0.25, 0.3) is 16.6 Å². The number of aromatic nitrogens is 4. The number of rotatable bonds is 3. The molecule has 3 aromatic rings. The summed E-state index contributed by atoms with van der Waals surface area (Å²) in [5, 5.41) is 6.16. The topological polar surface area (TPSA) is 63.4 Å². The van der Waals surface area contributed by atoms with Gasteiger partial charge >= 0.3 is 0 Å². The molecule has 3 heterocycles. The van der Waals surface area contributed by atoms with Crippen LogP contribution in [0.2, 0.25) is 0 Å². The molecule has 0 aliphatic carbocycles. The van der Waals surface area contributed by atoms with Gasteiger partial charge in [-0.25, -0.2) is 9.97 Å². The van der Waals surface area contributed by atoms with Crippen molar-refractivity contribution in [1.29, 1.82) is 0 Å². The third kappa shape index (κ3) is 3.08. The molecular weight excluding hydrogens is 334 g/mol. The highest BCUT2D eigenvalue weighted by Gasteiger charge is 2.23. The fourth-order valence-corrected chi connectivity index (χ4v) is 4.24. The summed E-state index contributed by atoms with van der Waals surface area (Å²) in [7, 11) is 0. The van der Waals surface area contributed by atoms with E-state index in [1.165, 1.54) is 18.2 Å². The Morgan fingerprint density at radius 3 is 2.96 bits per heavy atom. The summed E-state index contributed by atoms with van der Waals surface area (Å²) in [4.78, 5) is 23.9. The van der Waals surface area contributed by atoms with Gasteiger partial charge in [-0.3, -0.25) is 4.79 Å². The fraction of sp³-hybridized carbons (Fsp3) is 0.444. The molecule has 4 rings (SSSR count). The Bertz CT molecular complexity index is 938. The van der Waals surface area contributed by atoms with Gasteiger partial charge in [0.25, 0.3) is 0 Å². The summed E-state index contributed by atoms with van der Waals surface area (Å²) >= 11 is 1.44. The standard InChI is InChI=1S/C18H21N5OS/c1-12-7-5-6-10-22(12)16(24)11-25-18-20-15-9-4-3-8-14(15)17-19-13(2)21-23(17)18/h3-4,8-9,12H,5-7,10-11H2,1-2H3/t12-/m0/s1. The van der Waals surface area contributed by atoms with Crippen molar-refractivity contribution in [3.63, 3.8) is 0 Å². The number of nitrogens with zero attached hydrogens (tertiary/aromatic N) is 5. The molecule has 0 N–H and O–H groups in total. The molecule has 0 saturated carbocycles. The predicted octanol–water partition coefficient (Wildman–Crippen LogP) is 3.08. The molecular formula is C18H21N5OS. The van der Waals surface area contributed by atoms with Crippen LogP contribution >= 0.6 is 11.8 Å². The molecule has 1 saturated heterocycles. The van der Waals surface area contributed by atoms with E-state index in [1.54, 1.807) is 4.52 Å². The Kier molecular flexibility index (Phi) is 4.33. The van der Waals surface area contributed by atoms with Gasteiger partial charge in [0.15, 0.2) is 10.8 Å². The van der Waals surface area contributed by atoms with Gasteiger partial charge in [-0.15, -0.1) is 5.10 Å². The Labute approximate surface area is 150 Å². The lowest BCUT2D eigenvalue weighted by Gasteiger charge is -2.33. The first-order valence-electron chi connectivity index (χ1n) is 8.68. The molecule has 0 unspecified atom stereocenters. The lowest BCUT2D eigenvalue weighted by Crippen LogP contribution is -2.43. The van der Waals surface area contributed by atoms with Crippen molar-refractivity contribution in [3.05, 3.63) is 30.1 Å². The van der Waals surface area contributed by atoms with Gasteiger partial charge in [0.05, 0.1) is 11.3 Å². The molecule has 0 radical (unpaired) electrons. The maximum Gasteiger partial charge on any atom is 0.233 e. The normalized spacial score (nSPS) is 18.2. The third-order valence-electron chi connectivity index (χ3n) is 4.70. The van der Waals surface area contributed by atoms with Crippen molar-refractivity contribution >= 4 is 34.2 Å². The number of carbonyl (C=O) groups excluding carboxylic acids is 1. The lowest BCUT2D eigenvalue weighted by molar-refractivity contribution is -0.131. The van der Waals surface area contributed by atoms with Gasteiger partial charge in [0.2, 0.25) is 5.91 Å². The number of amides is 1. The second-order valence-electron chi connectivity index (χ2n) is 6.53. The minimum absolute atomic E-state index is 0.178. The van der Waals surface area contributed by atoms with Crippen molar-refractivity contribution in [1.82, 2.24) is 24.5 Å². The zero-order valence-electron chi connectivity index (χ0n) is 14.5. The van der Waals surface area contributed by atoms with Crippen LogP contribution in [0.4, 0.5) is 0 Å². The first kappa shape index (κ1) is 16.3. The van der Waals surface area contributed by atoms with Gasteiger partial charge in [0, 0.05) is 18.0 Å². The van der Waals surface area contributed by atoms with Gasteiger partial charge < -0.3 is 4.90 Å². The molecule has 1 atom stereocenters. The molecule has 0 bridgehead atoms. The van der Waals surface area contributed by atoms with Crippen LogP contribution in [0.5, 0.6) is 0 Å². The minimum atomic E-state index is 0.178. The molecule has 6 nitrogen and oxygen atoms in total. The monoisotopic (exact) mass is 355 g/mol. The second-order valence-corrected chi connectivity index (χ2v) is 7.47. The first-order chi connectivity index (χ1) is 12.1. The number of piperidine rings is 1. The summed E-state index contributed by atoms with van der Waals surface area (Å²) in [6.07, 6.45) is 3.40. The SMILES string of the molecule is Cc1nc2c3ccccc3nc(SCC(=O)N3CCCC[C@@H]3C)n2n1. The van der Waals surface area contributed by atoms with Crippen LogP contribution < -0.4 is 0 Å². The summed E-state index contributed by atoms with van der Waals surface area (Å²) in [6.45, 7) is 4.87. The Balaban J connectivity index is 1.63. The number of hydrogen-bond acceptors (Lipinski definition) is 5. The number of hydrogen-bond donors (Lipinski definition) is 0. The number of fused-ring (bicyclic) bond motifs is 3. The molecule has 1 fully saturated rings. The van der Waals surface area contributed by atoms with Crippen molar-refractivity contribution in [2.24, 2.45) is 0 Å². The number of aryl methyl sites for hydroxylation is 1. The average molecular weight is 355 g/mol. The lowest BCUT2D eigenvalue weighted by atomic mass is 10.0. The maximum atomic E-state index is 12.6.